The highest BCUT2D eigenvalue weighted by molar-refractivity contribution is 5.80. The molecular formula is C15H17N3O2. The van der Waals surface area contributed by atoms with Crippen molar-refractivity contribution in [1.82, 2.24) is 9.88 Å². The van der Waals surface area contributed by atoms with E-state index in [2.05, 4.69) is 16.0 Å². The molecule has 0 saturated carbocycles. The molecule has 1 N–H and O–H groups in total. The van der Waals surface area contributed by atoms with E-state index in [-0.39, 0.29) is 6.04 Å². The number of amides is 1. The molecule has 0 bridgehead atoms. The monoisotopic (exact) mass is 271 g/mol. The average molecular weight is 271 g/mol. The Morgan fingerprint density at radius 1 is 1.35 bits per heavy atom. The average Bonchev–Trinajstić information content (AvgIpc) is 2.96. The van der Waals surface area contributed by atoms with E-state index >= 15 is 0 Å². The number of para-hydroxylation sites is 1. The molecule has 1 fully saturated rings. The lowest BCUT2D eigenvalue weighted by molar-refractivity contribution is 0.155. The molecular weight excluding hydrogens is 254 g/mol. The smallest absolute Gasteiger partial charge is 0.407 e. The number of carboxylic acid groups (broad SMARTS) is 1. The topological polar surface area (TPSA) is 56.7 Å². The van der Waals surface area contributed by atoms with E-state index < -0.39 is 6.09 Å². The zero-order valence-corrected chi connectivity index (χ0v) is 11.4. The van der Waals surface area contributed by atoms with Gasteiger partial charge in [0.2, 0.25) is 0 Å². The van der Waals surface area contributed by atoms with Crippen molar-refractivity contribution in [3.63, 3.8) is 0 Å². The third-order valence-corrected chi connectivity index (χ3v) is 3.93. The SMILES string of the molecule is CN(c1ccc2ccccc2n1)C1CCN(C(=O)O)C1. The fourth-order valence-electron chi connectivity index (χ4n) is 2.67. The molecule has 1 aliphatic rings. The van der Waals surface area contributed by atoms with E-state index in [1.54, 1.807) is 0 Å². The largest absolute Gasteiger partial charge is 0.465 e. The van der Waals surface area contributed by atoms with Gasteiger partial charge >= 0.3 is 6.09 Å². The lowest BCUT2D eigenvalue weighted by Gasteiger charge is -2.25. The molecule has 20 heavy (non-hydrogen) atoms. The van der Waals surface area contributed by atoms with Crippen LogP contribution in [0.3, 0.4) is 0 Å². The number of hydrogen-bond acceptors (Lipinski definition) is 3. The Morgan fingerprint density at radius 3 is 2.90 bits per heavy atom. The predicted octanol–water partition coefficient (Wildman–Crippen LogP) is 2.42. The molecule has 0 aliphatic carbocycles. The Balaban J connectivity index is 1.82. The number of benzene rings is 1. The third kappa shape index (κ3) is 2.27. The molecule has 1 aromatic carbocycles. The quantitative estimate of drug-likeness (QED) is 0.911. The van der Waals surface area contributed by atoms with Gasteiger partial charge in [0.1, 0.15) is 5.82 Å². The van der Waals surface area contributed by atoms with Gasteiger partial charge in [-0.25, -0.2) is 9.78 Å². The van der Waals surface area contributed by atoms with Crippen molar-refractivity contribution >= 4 is 22.8 Å². The Labute approximate surface area is 117 Å². The van der Waals surface area contributed by atoms with Crippen LogP contribution in [0, 0.1) is 0 Å². The van der Waals surface area contributed by atoms with E-state index in [9.17, 15) is 4.79 Å². The van der Waals surface area contributed by atoms with Crippen molar-refractivity contribution in [3.8, 4) is 0 Å². The van der Waals surface area contributed by atoms with Gasteiger partial charge in [0, 0.05) is 31.6 Å². The van der Waals surface area contributed by atoms with Crippen molar-refractivity contribution in [2.45, 2.75) is 12.5 Å². The number of rotatable bonds is 2. The van der Waals surface area contributed by atoms with Crippen molar-refractivity contribution in [3.05, 3.63) is 36.4 Å². The summed E-state index contributed by atoms with van der Waals surface area (Å²) in [5.41, 5.74) is 0.963. The van der Waals surface area contributed by atoms with E-state index in [1.165, 1.54) is 4.90 Å². The Morgan fingerprint density at radius 2 is 2.15 bits per heavy atom. The highest BCUT2D eigenvalue weighted by Gasteiger charge is 2.29. The van der Waals surface area contributed by atoms with Gasteiger partial charge in [-0.3, -0.25) is 0 Å². The number of nitrogens with zero attached hydrogens (tertiary/aromatic N) is 3. The van der Waals surface area contributed by atoms with Crippen LogP contribution in [0.2, 0.25) is 0 Å². The van der Waals surface area contributed by atoms with Gasteiger partial charge in [-0.05, 0) is 24.6 Å². The summed E-state index contributed by atoms with van der Waals surface area (Å²) in [6.45, 7) is 1.14. The maximum absolute atomic E-state index is 11.0. The molecule has 5 heteroatoms. The van der Waals surface area contributed by atoms with E-state index in [0.29, 0.717) is 13.1 Å². The number of fused-ring (bicyclic) bond motifs is 1. The summed E-state index contributed by atoms with van der Waals surface area (Å²) in [4.78, 5) is 19.2. The standard InChI is InChI=1S/C15H17N3O2/c1-17(12-8-9-18(10-12)15(19)20)14-7-6-11-4-2-3-5-13(11)16-14/h2-7,12H,8-10H2,1H3,(H,19,20). The van der Waals surface area contributed by atoms with E-state index in [0.717, 1.165) is 23.1 Å². The molecule has 1 atom stereocenters. The zero-order valence-electron chi connectivity index (χ0n) is 11.4. The number of anilines is 1. The minimum absolute atomic E-state index is 0.194. The third-order valence-electron chi connectivity index (χ3n) is 3.93. The summed E-state index contributed by atoms with van der Waals surface area (Å²) in [5, 5.41) is 10.1. The Bertz CT molecular complexity index is 644. The van der Waals surface area contributed by atoms with E-state index in [4.69, 9.17) is 5.11 Å². The molecule has 3 rings (SSSR count). The summed E-state index contributed by atoms with van der Waals surface area (Å²) in [7, 11) is 1.98. The van der Waals surface area contributed by atoms with Crippen LogP contribution in [0.1, 0.15) is 6.42 Å². The van der Waals surface area contributed by atoms with Crippen LogP contribution in [-0.2, 0) is 0 Å². The fourth-order valence-corrected chi connectivity index (χ4v) is 2.67. The van der Waals surface area contributed by atoms with Gasteiger partial charge in [0.15, 0.2) is 0 Å². The fraction of sp³-hybridized carbons (Fsp3) is 0.333. The van der Waals surface area contributed by atoms with Gasteiger partial charge in [0.05, 0.1) is 5.52 Å². The summed E-state index contributed by atoms with van der Waals surface area (Å²) < 4.78 is 0. The van der Waals surface area contributed by atoms with Crippen LogP contribution in [0.25, 0.3) is 10.9 Å². The summed E-state index contributed by atoms with van der Waals surface area (Å²) in [6, 6.07) is 12.2. The molecule has 1 aliphatic heterocycles. The normalized spacial score (nSPS) is 18.4. The van der Waals surface area contributed by atoms with Gasteiger partial charge in [0.25, 0.3) is 0 Å². The first-order chi connectivity index (χ1) is 9.65. The number of likely N-dealkylation sites (N-methyl/N-ethyl adjacent to an activating group) is 1. The molecule has 0 radical (unpaired) electrons. The first kappa shape index (κ1) is 12.7. The predicted molar refractivity (Wildman–Crippen MR) is 78.1 cm³/mol. The molecule has 2 heterocycles. The second-order valence-corrected chi connectivity index (χ2v) is 5.14. The van der Waals surface area contributed by atoms with Crippen LogP contribution in [-0.4, -0.2) is 47.3 Å². The molecule has 1 aromatic heterocycles. The summed E-state index contributed by atoms with van der Waals surface area (Å²) in [6.07, 6.45) is 0.00415. The van der Waals surface area contributed by atoms with Crippen LogP contribution in [0.15, 0.2) is 36.4 Å². The van der Waals surface area contributed by atoms with Gasteiger partial charge < -0.3 is 14.9 Å². The number of pyridine rings is 1. The molecule has 2 aromatic rings. The Hall–Kier alpha value is -2.30. The molecule has 1 unspecified atom stereocenters. The Kier molecular flexibility index (Phi) is 3.18. The maximum Gasteiger partial charge on any atom is 0.407 e. The first-order valence-electron chi connectivity index (χ1n) is 6.71. The van der Waals surface area contributed by atoms with Crippen LogP contribution < -0.4 is 4.90 Å². The second kappa shape index (κ2) is 5.00. The molecule has 0 spiro atoms. The van der Waals surface area contributed by atoms with Crippen LogP contribution in [0.5, 0.6) is 0 Å². The summed E-state index contributed by atoms with van der Waals surface area (Å²) in [5.74, 6) is 0.890. The lowest BCUT2D eigenvalue weighted by atomic mass is 10.2. The van der Waals surface area contributed by atoms with Gasteiger partial charge in [-0.1, -0.05) is 18.2 Å². The van der Waals surface area contributed by atoms with Crippen molar-refractivity contribution < 1.29 is 9.90 Å². The molecule has 5 nitrogen and oxygen atoms in total. The maximum atomic E-state index is 11.0. The molecule has 1 saturated heterocycles. The van der Waals surface area contributed by atoms with Crippen molar-refractivity contribution in [2.75, 3.05) is 25.0 Å². The minimum atomic E-state index is -0.840. The second-order valence-electron chi connectivity index (χ2n) is 5.14. The van der Waals surface area contributed by atoms with Crippen molar-refractivity contribution in [2.24, 2.45) is 0 Å². The summed E-state index contributed by atoms with van der Waals surface area (Å²) >= 11 is 0. The van der Waals surface area contributed by atoms with Crippen molar-refractivity contribution in [1.29, 1.82) is 0 Å². The van der Waals surface area contributed by atoms with Crippen LogP contribution in [0.4, 0.5) is 10.6 Å². The highest BCUT2D eigenvalue weighted by Crippen LogP contribution is 2.22. The zero-order chi connectivity index (χ0) is 14.1. The van der Waals surface area contributed by atoms with Crippen LogP contribution >= 0.6 is 0 Å². The number of carbonyl (C=O) groups is 1. The number of hydrogen-bond donors (Lipinski definition) is 1. The lowest BCUT2D eigenvalue weighted by Crippen LogP contribution is -2.36. The first-order valence-corrected chi connectivity index (χ1v) is 6.71. The number of aromatic nitrogens is 1. The molecule has 1 amide bonds. The van der Waals surface area contributed by atoms with Gasteiger partial charge in [-0.2, -0.15) is 0 Å². The highest BCUT2D eigenvalue weighted by atomic mass is 16.4. The minimum Gasteiger partial charge on any atom is -0.465 e. The number of likely N-dealkylation sites (tertiary alicyclic amines) is 1. The van der Waals surface area contributed by atoms with Gasteiger partial charge in [-0.15, -0.1) is 0 Å². The molecule has 104 valence electrons. The van der Waals surface area contributed by atoms with E-state index in [1.807, 2.05) is 37.4 Å².